The zero-order valence-electron chi connectivity index (χ0n) is 6.53. The van der Waals surface area contributed by atoms with E-state index in [0.29, 0.717) is 6.04 Å². The minimum atomic E-state index is 0.444. The van der Waals surface area contributed by atoms with Crippen LogP contribution in [0.5, 0.6) is 0 Å². The van der Waals surface area contributed by atoms with Crippen molar-refractivity contribution in [3.05, 3.63) is 16.6 Å². The minimum Gasteiger partial charge on any atom is -0.300 e. The fourth-order valence-electron chi connectivity index (χ4n) is 0.662. The molecule has 0 spiro atoms. The van der Waals surface area contributed by atoms with Crippen LogP contribution >= 0.6 is 11.3 Å². The summed E-state index contributed by atoms with van der Waals surface area (Å²) in [7, 11) is 4.12. The highest BCUT2D eigenvalue weighted by Gasteiger charge is 2.08. The molecule has 0 N–H and O–H groups in total. The predicted octanol–water partition coefficient (Wildman–Crippen LogP) is 1.77. The SMILES string of the molecule is C[C@@H](c1nccs1)N(C)C. The summed E-state index contributed by atoms with van der Waals surface area (Å²) < 4.78 is 0. The van der Waals surface area contributed by atoms with Crippen molar-refractivity contribution in [2.45, 2.75) is 13.0 Å². The Bertz CT molecular complexity index is 181. The van der Waals surface area contributed by atoms with Gasteiger partial charge in [-0.15, -0.1) is 11.3 Å². The molecule has 3 heteroatoms. The number of aromatic nitrogens is 1. The van der Waals surface area contributed by atoms with E-state index < -0.39 is 0 Å². The maximum absolute atomic E-state index is 4.21. The molecule has 0 aliphatic rings. The summed E-state index contributed by atoms with van der Waals surface area (Å²) in [6.07, 6.45) is 1.85. The van der Waals surface area contributed by atoms with Gasteiger partial charge in [0, 0.05) is 11.6 Å². The zero-order chi connectivity index (χ0) is 7.56. The Hall–Kier alpha value is -0.410. The first kappa shape index (κ1) is 7.69. The minimum absolute atomic E-state index is 0.444. The van der Waals surface area contributed by atoms with E-state index in [4.69, 9.17) is 0 Å². The normalized spacial score (nSPS) is 14.0. The summed E-state index contributed by atoms with van der Waals surface area (Å²) in [4.78, 5) is 6.37. The lowest BCUT2D eigenvalue weighted by molar-refractivity contribution is 0.320. The Labute approximate surface area is 65.5 Å². The monoisotopic (exact) mass is 156 g/mol. The van der Waals surface area contributed by atoms with Crippen LogP contribution in [-0.4, -0.2) is 24.0 Å². The average molecular weight is 156 g/mol. The number of thiazole rings is 1. The van der Waals surface area contributed by atoms with E-state index in [1.807, 2.05) is 11.6 Å². The third kappa shape index (κ3) is 1.55. The molecule has 0 radical (unpaired) electrons. The van der Waals surface area contributed by atoms with Crippen molar-refractivity contribution in [1.82, 2.24) is 9.88 Å². The van der Waals surface area contributed by atoms with E-state index in [2.05, 4.69) is 30.9 Å². The summed E-state index contributed by atoms with van der Waals surface area (Å²) in [5.74, 6) is 0. The third-order valence-corrected chi connectivity index (χ3v) is 2.53. The van der Waals surface area contributed by atoms with Gasteiger partial charge in [-0.05, 0) is 21.0 Å². The zero-order valence-corrected chi connectivity index (χ0v) is 7.35. The van der Waals surface area contributed by atoms with Gasteiger partial charge in [0.2, 0.25) is 0 Å². The molecule has 0 aliphatic carbocycles. The van der Waals surface area contributed by atoms with Crippen molar-refractivity contribution in [3.8, 4) is 0 Å². The van der Waals surface area contributed by atoms with Crippen molar-refractivity contribution in [2.75, 3.05) is 14.1 Å². The number of rotatable bonds is 2. The topological polar surface area (TPSA) is 16.1 Å². The molecule has 1 rings (SSSR count). The highest BCUT2D eigenvalue weighted by molar-refractivity contribution is 7.09. The standard InChI is InChI=1S/C7H12N2S/c1-6(9(2)3)7-8-4-5-10-7/h4-6H,1-3H3/t6-/m0/s1. The van der Waals surface area contributed by atoms with Crippen LogP contribution < -0.4 is 0 Å². The van der Waals surface area contributed by atoms with Gasteiger partial charge >= 0.3 is 0 Å². The molecular formula is C7H12N2S. The molecule has 0 fully saturated rings. The van der Waals surface area contributed by atoms with Crippen LogP contribution in [0.15, 0.2) is 11.6 Å². The lowest BCUT2D eigenvalue weighted by Gasteiger charge is -2.16. The molecule has 56 valence electrons. The molecule has 0 unspecified atom stereocenters. The van der Waals surface area contributed by atoms with E-state index in [1.54, 1.807) is 11.3 Å². The van der Waals surface area contributed by atoms with Crippen molar-refractivity contribution in [3.63, 3.8) is 0 Å². The molecule has 1 atom stereocenters. The van der Waals surface area contributed by atoms with E-state index in [9.17, 15) is 0 Å². The van der Waals surface area contributed by atoms with Crippen molar-refractivity contribution >= 4 is 11.3 Å². The highest BCUT2D eigenvalue weighted by atomic mass is 32.1. The van der Waals surface area contributed by atoms with Gasteiger partial charge in [0.15, 0.2) is 0 Å². The molecule has 1 heterocycles. The molecule has 10 heavy (non-hydrogen) atoms. The first-order chi connectivity index (χ1) is 4.72. The van der Waals surface area contributed by atoms with Gasteiger partial charge in [0.1, 0.15) is 5.01 Å². The molecule has 0 amide bonds. The maximum Gasteiger partial charge on any atom is 0.109 e. The fraction of sp³-hybridized carbons (Fsp3) is 0.571. The number of nitrogens with zero attached hydrogens (tertiary/aromatic N) is 2. The molecule has 1 aromatic rings. The van der Waals surface area contributed by atoms with Gasteiger partial charge in [-0.3, -0.25) is 0 Å². The van der Waals surface area contributed by atoms with Crippen molar-refractivity contribution < 1.29 is 0 Å². The highest BCUT2D eigenvalue weighted by Crippen LogP contribution is 2.18. The van der Waals surface area contributed by atoms with Crippen LogP contribution in [0.25, 0.3) is 0 Å². The van der Waals surface area contributed by atoms with Crippen molar-refractivity contribution in [1.29, 1.82) is 0 Å². The van der Waals surface area contributed by atoms with E-state index in [1.165, 1.54) is 5.01 Å². The van der Waals surface area contributed by atoms with Crippen LogP contribution in [0.1, 0.15) is 18.0 Å². The van der Waals surface area contributed by atoms with Crippen LogP contribution in [0, 0.1) is 0 Å². The summed E-state index contributed by atoms with van der Waals surface area (Å²) in [6, 6.07) is 0.444. The summed E-state index contributed by atoms with van der Waals surface area (Å²) >= 11 is 1.71. The van der Waals surface area contributed by atoms with Crippen LogP contribution in [0.2, 0.25) is 0 Å². The Balaban J connectivity index is 2.68. The largest absolute Gasteiger partial charge is 0.300 e. The Morgan fingerprint density at radius 1 is 1.60 bits per heavy atom. The first-order valence-electron chi connectivity index (χ1n) is 3.27. The second kappa shape index (κ2) is 3.12. The molecule has 0 aromatic carbocycles. The van der Waals surface area contributed by atoms with Gasteiger partial charge in [-0.1, -0.05) is 0 Å². The van der Waals surface area contributed by atoms with Gasteiger partial charge in [0.05, 0.1) is 6.04 Å². The quantitative estimate of drug-likeness (QED) is 0.648. The molecule has 0 aliphatic heterocycles. The number of hydrogen-bond donors (Lipinski definition) is 0. The number of hydrogen-bond acceptors (Lipinski definition) is 3. The van der Waals surface area contributed by atoms with Gasteiger partial charge in [-0.25, -0.2) is 4.98 Å². The molecule has 0 saturated carbocycles. The maximum atomic E-state index is 4.21. The second-order valence-electron chi connectivity index (χ2n) is 2.51. The fourth-order valence-corrected chi connectivity index (χ4v) is 1.45. The third-order valence-electron chi connectivity index (χ3n) is 1.58. The lowest BCUT2D eigenvalue weighted by atomic mass is 10.3. The molecule has 2 nitrogen and oxygen atoms in total. The van der Waals surface area contributed by atoms with Crippen LogP contribution in [-0.2, 0) is 0 Å². The van der Waals surface area contributed by atoms with E-state index in [-0.39, 0.29) is 0 Å². The Morgan fingerprint density at radius 2 is 2.30 bits per heavy atom. The summed E-state index contributed by atoms with van der Waals surface area (Å²) in [6.45, 7) is 2.15. The van der Waals surface area contributed by atoms with Gasteiger partial charge in [-0.2, -0.15) is 0 Å². The van der Waals surface area contributed by atoms with E-state index in [0.717, 1.165) is 0 Å². The van der Waals surface area contributed by atoms with Crippen LogP contribution in [0.4, 0.5) is 0 Å². The molecule has 0 saturated heterocycles. The molecule has 0 bridgehead atoms. The molecular weight excluding hydrogens is 144 g/mol. The predicted molar refractivity (Wildman–Crippen MR) is 44.2 cm³/mol. The summed E-state index contributed by atoms with van der Waals surface area (Å²) in [5, 5.41) is 3.19. The molecule has 1 aromatic heterocycles. The van der Waals surface area contributed by atoms with Crippen LogP contribution in [0.3, 0.4) is 0 Å². The summed E-state index contributed by atoms with van der Waals surface area (Å²) in [5.41, 5.74) is 0. The second-order valence-corrected chi connectivity index (χ2v) is 3.44. The average Bonchev–Trinajstić information content (AvgIpc) is 2.36. The van der Waals surface area contributed by atoms with E-state index >= 15 is 0 Å². The first-order valence-corrected chi connectivity index (χ1v) is 4.15. The smallest absolute Gasteiger partial charge is 0.109 e. The van der Waals surface area contributed by atoms with Gasteiger partial charge in [0.25, 0.3) is 0 Å². The van der Waals surface area contributed by atoms with Gasteiger partial charge < -0.3 is 4.90 Å². The van der Waals surface area contributed by atoms with Crippen molar-refractivity contribution in [2.24, 2.45) is 0 Å². The Kier molecular flexibility index (Phi) is 2.40. The Morgan fingerprint density at radius 3 is 2.70 bits per heavy atom. The lowest BCUT2D eigenvalue weighted by Crippen LogP contribution is -2.16.